The standard InChI is InChI=1S/C18H23NO3/c1-3-8-19(11-13-4-5-13)12-14-9-18(20)22-17-10-15(21-2)6-7-16(14)17/h6-7,9-10,13H,3-5,8,11-12H2,1-2H3. The molecule has 0 radical (unpaired) electrons. The van der Waals surface area contributed by atoms with Gasteiger partial charge in [-0.15, -0.1) is 0 Å². The minimum absolute atomic E-state index is 0.293. The molecule has 1 saturated carbocycles. The molecule has 3 rings (SSSR count). The maximum absolute atomic E-state index is 11.9. The van der Waals surface area contributed by atoms with Crippen LogP contribution in [0.5, 0.6) is 5.75 Å². The van der Waals surface area contributed by atoms with E-state index >= 15 is 0 Å². The molecule has 1 aliphatic rings. The number of ether oxygens (including phenoxy) is 1. The highest BCUT2D eigenvalue weighted by Gasteiger charge is 2.24. The molecule has 0 unspecified atom stereocenters. The van der Waals surface area contributed by atoms with E-state index in [-0.39, 0.29) is 5.63 Å². The first kappa shape index (κ1) is 15.1. The summed E-state index contributed by atoms with van der Waals surface area (Å²) in [6, 6.07) is 7.31. The predicted octanol–water partition coefficient (Wildman–Crippen LogP) is 3.42. The summed E-state index contributed by atoms with van der Waals surface area (Å²) in [7, 11) is 1.61. The van der Waals surface area contributed by atoms with Crippen LogP contribution in [-0.2, 0) is 6.54 Å². The highest BCUT2D eigenvalue weighted by atomic mass is 16.5. The highest BCUT2D eigenvalue weighted by Crippen LogP contribution is 2.31. The van der Waals surface area contributed by atoms with E-state index in [0.717, 1.165) is 42.9 Å². The summed E-state index contributed by atoms with van der Waals surface area (Å²) < 4.78 is 10.5. The lowest BCUT2D eigenvalue weighted by Gasteiger charge is -2.22. The normalized spacial score (nSPS) is 14.7. The van der Waals surface area contributed by atoms with Crippen LogP contribution in [-0.4, -0.2) is 25.1 Å². The van der Waals surface area contributed by atoms with Crippen molar-refractivity contribution in [2.45, 2.75) is 32.7 Å². The molecule has 1 aromatic heterocycles. The Morgan fingerprint density at radius 2 is 2.14 bits per heavy atom. The zero-order valence-corrected chi connectivity index (χ0v) is 13.3. The Morgan fingerprint density at radius 1 is 1.32 bits per heavy atom. The van der Waals surface area contributed by atoms with E-state index in [4.69, 9.17) is 9.15 Å². The average Bonchev–Trinajstić information content (AvgIpc) is 3.30. The minimum Gasteiger partial charge on any atom is -0.497 e. The molecular weight excluding hydrogens is 278 g/mol. The topological polar surface area (TPSA) is 42.7 Å². The van der Waals surface area contributed by atoms with Gasteiger partial charge in [0.05, 0.1) is 7.11 Å². The van der Waals surface area contributed by atoms with Crippen molar-refractivity contribution >= 4 is 11.0 Å². The molecule has 1 aromatic carbocycles. The van der Waals surface area contributed by atoms with E-state index < -0.39 is 0 Å². The molecule has 0 aliphatic heterocycles. The van der Waals surface area contributed by atoms with Gasteiger partial charge in [0.1, 0.15) is 11.3 Å². The molecule has 2 aromatic rings. The van der Waals surface area contributed by atoms with E-state index in [1.54, 1.807) is 19.2 Å². The lowest BCUT2D eigenvalue weighted by Crippen LogP contribution is -2.27. The van der Waals surface area contributed by atoms with Crippen LogP contribution in [0, 0.1) is 5.92 Å². The first-order valence-corrected chi connectivity index (χ1v) is 8.02. The van der Waals surface area contributed by atoms with Crippen LogP contribution < -0.4 is 10.4 Å². The van der Waals surface area contributed by atoms with Gasteiger partial charge >= 0.3 is 5.63 Å². The maximum atomic E-state index is 11.9. The third kappa shape index (κ3) is 3.50. The molecule has 0 atom stereocenters. The van der Waals surface area contributed by atoms with Gasteiger partial charge in [0.2, 0.25) is 0 Å². The minimum atomic E-state index is -0.293. The molecule has 0 bridgehead atoms. The fraction of sp³-hybridized carbons (Fsp3) is 0.500. The number of hydrogen-bond acceptors (Lipinski definition) is 4. The fourth-order valence-electron chi connectivity index (χ4n) is 2.93. The highest BCUT2D eigenvalue weighted by molar-refractivity contribution is 5.81. The van der Waals surface area contributed by atoms with E-state index in [1.165, 1.54) is 12.8 Å². The fourth-order valence-corrected chi connectivity index (χ4v) is 2.93. The maximum Gasteiger partial charge on any atom is 0.336 e. The number of fused-ring (bicyclic) bond motifs is 1. The van der Waals surface area contributed by atoms with Crippen molar-refractivity contribution in [2.24, 2.45) is 5.92 Å². The van der Waals surface area contributed by atoms with Crippen molar-refractivity contribution in [2.75, 3.05) is 20.2 Å². The summed E-state index contributed by atoms with van der Waals surface area (Å²) in [5, 5.41) is 0.998. The van der Waals surface area contributed by atoms with Gasteiger partial charge in [-0.05, 0) is 49.4 Å². The van der Waals surface area contributed by atoms with Crippen LogP contribution in [0.2, 0.25) is 0 Å². The van der Waals surface area contributed by atoms with Gasteiger partial charge in [-0.2, -0.15) is 0 Å². The van der Waals surface area contributed by atoms with Crippen molar-refractivity contribution in [1.29, 1.82) is 0 Å². The van der Waals surface area contributed by atoms with E-state index in [9.17, 15) is 4.79 Å². The molecule has 0 spiro atoms. The Hall–Kier alpha value is -1.81. The molecule has 1 aliphatic carbocycles. The smallest absolute Gasteiger partial charge is 0.336 e. The van der Waals surface area contributed by atoms with E-state index in [2.05, 4.69) is 11.8 Å². The van der Waals surface area contributed by atoms with Gasteiger partial charge in [0.25, 0.3) is 0 Å². The molecule has 4 heteroatoms. The summed E-state index contributed by atoms with van der Waals surface area (Å²) >= 11 is 0. The third-order valence-corrected chi connectivity index (χ3v) is 4.18. The zero-order chi connectivity index (χ0) is 15.5. The average molecular weight is 301 g/mol. The SMILES string of the molecule is CCCN(Cc1cc(=O)oc2cc(OC)ccc12)CC1CC1. The summed E-state index contributed by atoms with van der Waals surface area (Å²) in [5.41, 5.74) is 1.35. The quantitative estimate of drug-likeness (QED) is 0.735. The monoisotopic (exact) mass is 301 g/mol. The van der Waals surface area contributed by atoms with Gasteiger partial charge < -0.3 is 9.15 Å². The molecule has 0 N–H and O–H groups in total. The van der Waals surface area contributed by atoms with E-state index in [0.29, 0.717) is 11.3 Å². The van der Waals surface area contributed by atoms with Gasteiger partial charge in [-0.25, -0.2) is 4.79 Å². The van der Waals surface area contributed by atoms with Crippen molar-refractivity contribution < 1.29 is 9.15 Å². The molecular formula is C18H23NO3. The van der Waals surface area contributed by atoms with Gasteiger partial charge in [0.15, 0.2) is 0 Å². The molecule has 22 heavy (non-hydrogen) atoms. The van der Waals surface area contributed by atoms with Crippen molar-refractivity contribution in [3.05, 3.63) is 40.2 Å². The van der Waals surface area contributed by atoms with Crippen molar-refractivity contribution in [3.63, 3.8) is 0 Å². The van der Waals surface area contributed by atoms with Gasteiger partial charge in [-0.1, -0.05) is 6.92 Å². The Labute approximate surface area is 130 Å². The molecule has 118 valence electrons. The predicted molar refractivity (Wildman–Crippen MR) is 87.3 cm³/mol. The summed E-state index contributed by atoms with van der Waals surface area (Å²) in [5.74, 6) is 1.55. The Bertz CT molecular complexity index is 703. The van der Waals surface area contributed by atoms with Crippen LogP contribution in [0.4, 0.5) is 0 Å². The summed E-state index contributed by atoms with van der Waals surface area (Å²) in [4.78, 5) is 14.3. The molecule has 1 heterocycles. The summed E-state index contributed by atoms with van der Waals surface area (Å²) in [6.45, 7) is 5.20. The van der Waals surface area contributed by atoms with Crippen molar-refractivity contribution in [3.8, 4) is 5.75 Å². The number of methoxy groups -OCH3 is 1. The van der Waals surface area contributed by atoms with Crippen LogP contribution >= 0.6 is 0 Å². The first-order valence-electron chi connectivity index (χ1n) is 8.02. The van der Waals surface area contributed by atoms with Gasteiger partial charge in [-0.3, -0.25) is 4.90 Å². The molecule has 1 fully saturated rings. The lowest BCUT2D eigenvalue weighted by atomic mass is 10.1. The van der Waals surface area contributed by atoms with Crippen LogP contribution in [0.15, 0.2) is 33.5 Å². The Morgan fingerprint density at radius 3 is 2.82 bits per heavy atom. The Kier molecular flexibility index (Phi) is 4.48. The lowest BCUT2D eigenvalue weighted by molar-refractivity contribution is 0.255. The van der Waals surface area contributed by atoms with Crippen LogP contribution in [0.1, 0.15) is 31.7 Å². The summed E-state index contributed by atoms with van der Waals surface area (Å²) in [6.07, 6.45) is 3.81. The number of benzene rings is 1. The van der Waals surface area contributed by atoms with Crippen LogP contribution in [0.25, 0.3) is 11.0 Å². The third-order valence-electron chi connectivity index (χ3n) is 4.18. The first-order chi connectivity index (χ1) is 10.7. The number of nitrogens with zero attached hydrogens (tertiary/aromatic N) is 1. The second-order valence-electron chi connectivity index (χ2n) is 6.13. The second kappa shape index (κ2) is 6.53. The number of hydrogen-bond donors (Lipinski definition) is 0. The zero-order valence-electron chi connectivity index (χ0n) is 13.3. The van der Waals surface area contributed by atoms with Crippen molar-refractivity contribution in [1.82, 2.24) is 4.90 Å². The second-order valence-corrected chi connectivity index (χ2v) is 6.13. The van der Waals surface area contributed by atoms with E-state index in [1.807, 2.05) is 12.1 Å². The molecule has 0 saturated heterocycles. The Balaban J connectivity index is 1.92. The van der Waals surface area contributed by atoms with Crippen LogP contribution in [0.3, 0.4) is 0 Å². The largest absolute Gasteiger partial charge is 0.497 e. The van der Waals surface area contributed by atoms with Gasteiger partial charge in [0, 0.05) is 30.6 Å². The number of rotatable bonds is 7. The molecule has 4 nitrogen and oxygen atoms in total. The molecule has 0 amide bonds.